The van der Waals surface area contributed by atoms with Crippen molar-refractivity contribution in [3.8, 4) is 5.75 Å². The summed E-state index contributed by atoms with van der Waals surface area (Å²) in [6.07, 6.45) is 3.18. The molecule has 0 spiro atoms. The summed E-state index contributed by atoms with van der Waals surface area (Å²) in [5, 5.41) is 9.08. The summed E-state index contributed by atoms with van der Waals surface area (Å²) in [6.45, 7) is 2.96. The normalized spacial score (nSPS) is 14.9. The first-order valence-electron chi connectivity index (χ1n) is 9.30. The van der Waals surface area contributed by atoms with Crippen molar-refractivity contribution in [1.82, 2.24) is 19.5 Å². The number of hydrogen-bond acceptors (Lipinski definition) is 5. The number of carbonyl (C=O) groups is 1. The highest BCUT2D eigenvalue weighted by molar-refractivity contribution is 6.32. The summed E-state index contributed by atoms with van der Waals surface area (Å²) in [7, 11) is 1.58. The molecule has 3 aromatic rings. The average molecular weight is 400 g/mol. The number of methoxy groups -OCH3 is 1. The first kappa shape index (κ1) is 18.6. The predicted octanol–water partition coefficient (Wildman–Crippen LogP) is 2.67. The molecule has 8 heteroatoms. The molecular weight excluding hydrogens is 378 g/mol. The van der Waals surface area contributed by atoms with Crippen LogP contribution in [0.15, 0.2) is 42.6 Å². The van der Waals surface area contributed by atoms with E-state index in [0.717, 1.165) is 43.2 Å². The molecule has 28 heavy (non-hydrogen) atoms. The molecule has 0 N–H and O–H groups in total. The Hall–Kier alpha value is -2.80. The Bertz CT molecular complexity index is 990. The van der Waals surface area contributed by atoms with Gasteiger partial charge in [-0.25, -0.2) is 0 Å². The summed E-state index contributed by atoms with van der Waals surface area (Å²) in [5.74, 6) is 1.55. The van der Waals surface area contributed by atoms with Crippen LogP contribution in [-0.2, 0) is 11.2 Å². The van der Waals surface area contributed by atoms with E-state index in [9.17, 15) is 4.79 Å². The SMILES string of the molecule is COc1ccc(CC(=O)N2CCCN(c3nnc4ccccn34)CC2)cc1Cl. The molecule has 3 heterocycles. The van der Waals surface area contributed by atoms with Crippen LogP contribution < -0.4 is 9.64 Å². The Morgan fingerprint density at radius 3 is 2.86 bits per heavy atom. The fourth-order valence-electron chi connectivity index (χ4n) is 3.52. The minimum atomic E-state index is 0.106. The lowest BCUT2D eigenvalue weighted by atomic mass is 10.1. The third kappa shape index (κ3) is 3.75. The lowest BCUT2D eigenvalue weighted by Crippen LogP contribution is -2.36. The number of nitrogens with zero attached hydrogens (tertiary/aromatic N) is 5. The molecule has 1 aliphatic rings. The maximum absolute atomic E-state index is 12.8. The zero-order chi connectivity index (χ0) is 19.5. The molecule has 0 bridgehead atoms. The Labute approximate surface area is 168 Å². The first-order chi connectivity index (χ1) is 13.7. The standard InChI is InChI=1S/C20H22ClN5O2/c1-28-17-7-6-15(13-16(17)21)14-19(27)24-8-4-9-25(12-11-24)20-23-22-18-5-2-3-10-26(18)20/h2-3,5-7,10,13H,4,8-9,11-12,14H2,1H3. The largest absolute Gasteiger partial charge is 0.495 e. The van der Waals surface area contributed by atoms with E-state index in [4.69, 9.17) is 16.3 Å². The molecule has 1 amide bonds. The highest BCUT2D eigenvalue weighted by atomic mass is 35.5. The average Bonchev–Trinajstić information content (AvgIpc) is 2.97. The number of benzene rings is 1. The Morgan fingerprint density at radius 1 is 1.14 bits per heavy atom. The molecule has 4 rings (SSSR count). The Kier molecular flexibility index (Phi) is 5.34. The van der Waals surface area contributed by atoms with Crippen LogP contribution in [-0.4, -0.2) is 58.7 Å². The number of hydrogen-bond donors (Lipinski definition) is 0. The van der Waals surface area contributed by atoms with Gasteiger partial charge in [0, 0.05) is 32.4 Å². The van der Waals surface area contributed by atoms with Crippen molar-refractivity contribution in [2.75, 3.05) is 38.2 Å². The van der Waals surface area contributed by atoms with Crippen molar-refractivity contribution in [3.05, 3.63) is 53.2 Å². The second-order valence-corrected chi connectivity index (χ2v) is 7.20. The van der Waals surface area contributed by atoms with Crippen molar-refractivity contribution < 1.29 is 9.53 Å². The molecule has 1 aromatic carbocycles. The van der Waals surface area contributed by atoms with E-state index < -0.39 is 0 Å². The number of aromatic nitrogens is 3. The maximum atomic E-state index is 12.8. The molecule has 0 saturated carbocycles. The van der Waals surface area contributed by atoms with E-state index in [1.54, 1.807) is 19.2 Å². The Balaban J connectivity index is 1.42. The minimum absolute atomic E-state index is 0.106. The van der Waals surface area contributed by atoms with Gasteiger partial charge >= 0.3 is 0 Å². The van der Waals surface area contributed by atoms with Gasteiger partial charge in [-0.05, 0) is 36.2 Å². The third-order valence-corrected chi connectivity index (χ3v) is 5.29. The quantitative estimate of drug-likeness (QED) is 0.675. The van der Waals surface area contributed by atoms with Gasteiger partial charge in [0.05, 0.1) is 18.6 Å². The van der Waals surface area contributed by atoms with Crippen LogP contribution in [0.25, 0.3) is 5.65 Å². The van der Waals surface area contributed by atoms with Crippen molar-refractivity contribution in [2.24, 2.45) is 0 Å². The van der Waals surface area contributed by atoms with Gasteiger partial charge in [0.15, 0.2) is 5.65 Å². The number of fused-ring (bicyclic) bond motifs is 1. The summed E-state index contributed by atoms with van der Waals surface area (Å²) in [5.41, 5.74) is 1.71. The summed E-state index contributed by atoms with van der Waals surface area (Å²) >= 11 is 6.18. The predicted molar refractivity (Wildman–Crippen MR) is 108 cm³/mol. The van der Waals surface area contributed by atoms with E-state index in [0.29, 0.717) is 23.7 Å². The topological polar surface area (TPSA) is 63.0 Å². The first-order valence-corrected chi connectivity index (χ1v) is 9.68. The number of halogens is 1. The molecule has 0 radical (unpaired) electrons. The fourth-order valence-corrected chi connectivity index (χ4v) is 3.80. The molecule has 0 unspecified atom stereocenters. The number of amides is 1. The smallest absolute Gasteiger partial charge is 0.231 e. The van der Waals surface area contributed by atoms with Crippen LogP contribution in [0.3, 0.4) is 0 Å². The number of rotatable bonds is 4. The highest BCUT2D eigenvalue weighted by Gasteiger charge is 2.22. The third-order valence-electron chi connectivity index (χ3n) is 5.00. The molecule has 1 aliphatic heterocycles. The number of ether oxygens (including phenoxy) is 1. The van der Waals surface area contributed by atoms with Crippen LogP contribution in [0.1, 0.15) is 12.0 Å². The van der Waals surface area contributed by atoms with Crippen LogP contribution in [0.2, 0.25) is 5.02 Å². The number of pyridine rings is 1. The zero-order valence-corrected chi connectivity index (χ0v) is 16.5. The van der Waals surface area contributed by atoms with Gasteiger partial charge in [-0.1, -0.05) is 23.7 Å². The maximum Gasteiger partial charge on any atom is 0.231 e. The molecule has 1 fully saturated rings. The van der Waals surface area contributed by atoms with Gasteiger partial charge in [0.1, 0.15) is 5.75 Å². The van der Waals surface area contributed by atoms with Crippen molar-refractivity contribution >= 4 is 29.1 Å². The van der Waals surface area contributed by atoms with Crippen LogP contribution in [0.4, 0.5) is 5.95 Å². The molecule has 146 valence electrons. The van der Waals surface area contributed by atoms with Gasteiger partial charge in [-0.3, -0.25) is 9.20 Å². The number of carbonyl (C=O) groups excluding carboxylic acids is 1. The molecule has 0 atom stereocenters. The second-order valence-electron chi connectivity index (χ2n) is 6.80. The molecule has 0 aliphatic carbocycles. The molecule has 7 nitrogen and oxygen atoms in total. The minimum Gasteiger partial charge on any atom is -0.495 e. The van der Waals surface area contributed by atoms with E-state index in [1.807, 2.05) is 39.8 Å². The summed E-state index contributed by atoms with van der Waals surface area (Å²) in [6, 6.07) is 11.3. The molecule has 1 saturated heterocycles. The molecule has 2 aromatic heterocycles. The van der Waals surface area contributed by atoms with Crippen molar-refractivity contribution in [2.45, 2.75) is 12.8 Å². The zero-order valence-electron chi connectivity index (χ0n) is 15.7. The van der Waals surface area contributed by atoms with Gasteiger partial charge in [-0.2, -0.15) is 0 Å². The number of anilines is 1. The summed E-state index contributed by atoms with van der Waals surface area (Å²) < 4.78 is 7.15. The van der Waals surface area contributed by atoms with Crippen LogP contribution >= 0.6 is 11.6 Å². The Morgan fingerprint density at radius 2 is 2.04 bits per heavy atom. The van der Waals surface area contributed by atoms with E-state index >= 15 is 0 Å². The molecular formula is C20H22ClN5O2. The van der Waals surface area contributed by atoms with Crippen LogP contribution in [0, 0.1) is 0 Å². The lowest BCUT2D eigenvalue weighted by molar-refractivity contribution is -0.130. The van der Waals surface area contributed by atoms with Gasteiger partial charge in [0.25, 0.3) is 0 Å². The fraction of sp³-hybridized carbons (Fsp3) is 0.350. The lowest BCUT2D eigenvalue weighted by Gasteiger charge is -2.22. The monoisotopic (exact) mass is 399 g/mol. The van der Waals surface area contributed by atoms with E-state index in [1.165, 1.54) is 0 Å². The van der Waals surface area contributed by atoms with E-state index in [-0.39, 0.29) is 5.91 Å². The van der Waals surface area contributed by atoms with Gasteiger partial charge in [0.2, 0.25) is 11.9 Å². The van der Waals surface area contributed by atoms with E-state index in [2.05, 4.69) is 15.1 Å². The second kappa shape index (κ2) is 8.06. The van der Waals surface area contributed by atoms with Crippen LogP contribution in [0.5, 0.6) is 5.75 Å². The summed E-state index contributed by atoms with van der Waals surface area (Å²) in [4.78, 5) is 16.9. The highest BCUT2D eigenvalue weighted by Crippen LogP contribution is 2.25. The van der Waals surface area contributed by atoms with Crippen molar-refractivity contribution in [3.63, 3.8) is 0 Å². The van der Waals surface area contributed by atoms with Crippen molar-refractivity contribution in [1.29, 1.82) is 0 Å². The van der Waals surface area contributed by atoms with Gasteiger partial charge in [-0.15, -0.1) is 10.2 Å². The van der Waals surface area contributed by atoms with Gasteiger partial charge < -0.3 is 14.5 Å².